The number of halogens is 1. The van der Waals surface area contributed by atoms with Crippen molar-refractivity contribution in [2.45, 2.75) is 0 Å². The Morgan fingerprint density at radius 1 is 1.60 bits per heavy atom. The van der Waals surface area contributed by atoms with Crippen molar-refractivity contribution in [2.24, 2.45) is 0 Å². The second-order valence-corrected chi connectivity index (χ2v) is 2.47. The van der Waals surface area contributed by atoms with Gasteiger partial charge >= 0.3 is 0 Å². The van der Waals surface area contributed by atoms with Crippen LogP contribution in [-0.2, 0) is 0 Å². The van der Waals surface area contributed by atoms with E-state index >= 15 is 0 Å². The van der Waals surface area contributed by atoms with Gasteiger partial charge in [0.25, 0.3) is 0 Å². The number of hydrogen-bond acceptors (Lipinski definition) is 4. The second-order valence-electron chi connectivity index (χ2n) is 1.62. The first-order valence-corrected chi connectivity index (χ1v) is 3.36. The minimum absolute atomic E-state index is 0.362. The maximum absolute atomic E-state index is 5.37. The third-order valence-electron chi connectivity index (χ3n) is 0.960. The molecule has 0 aliphatic rings. The summed E-state index contributed by atoms with van der Waals surface area (Å²) < 4.78 is 5.48. The molecule has 0 spiro atoms. The van der Waals surface area contributed by atoms with Crippen molar-refractivity contribution in [3.63, 3.8) is 0 Å². The summed E-state index contributed by atoms with van der Waals surface area (Å²) in [6.07, 6.45) is 0. The van der Waals surface area contributed by atoms with Crippen LogP contribution in [0.2, 0.25) is 0 Å². The first-order valence-electron chi connectivity index (χ1n) is 2.56. The summed E-state index contributed by atoms with van der Waals surface area (Å²) in [4.78, 5) is 0. The molecule has 10 heavy (non-hydrogen) atoms. The van der Waals surface area contributed by atoms with Gasteiger partial charge in [-0.3, -0.25) is 0 Å². The molecule has 1 aromatic heterocycles. The molecule has 1 aromatic rings. The molecule has 1 rings (SSSR count). The number of nitrogens with zero attached hydrogens (tertiary/aromatic N) is 2. The second kappa shape index (κ2) is 2.83. The number of nitrogen functional groups attached to an aromatic ring is 1. The van der Waals surface area contributed by atoms with Crippen molar-refractivity contribution in [3.8, 4) is 5.88 Å². The number of rotatable bonds is 1. The van der Waals surface area contributed by atoms with E-state index in [0.29, 0.717) is 16.2 Å². The van der Waals surface area contributed by atoms with Crippen molar-refractivity contribution >= 4 is 21.7 Å². The van der Waals surface area contributed by atoms with Gasteiger partial charge in [-0.25, -0.2) is 0 Å². The van der Waals surface area contributed by atoms with Gasteiger partial charge < -0.3 is 10.5 Å². The summed E-state index contributed by atoms with van der Waals surface area (Å²) in [6, 6.07) is 1.66. The molecule has 0 saturated carbocycles. The van der Waals surface area contributed by atoms with Crippen LogP contribution >= 0.6 is 15.9 Å². The molecular formula is C5H6BrN3O. The van der Waals surface area contributed by atoms with E-state index in [2.05, 4.69) is 26.1 Å². The van der Waals surface area contributed by atoms with Crippen molar-refractivity contribution in [1.82, 2.24) is 10.2 Å². The van der Waals surface area contributed by atoms with Crippen molar-refractivity contribution in [2.75, 3.05) is 12.8 Å². The fourth-order valence-electron chi connectivity index (χ4n) is 0.462. The molecule has 0 aliphatic heterocycles. The van der Waals surface area contributed by atoms with Gasteiger partial charge in [0.2, 0.25) is 5.88 Å². The predicted molar refractivity (Wildman–Crippen MR) is 40.7 cm³/mol. The summed E-state index contributed by atoms with van der Waals surface area (Å²) in [7, 11) is 1.52. The highest BCUT2D eigenvalue weighted by atomic mass is 79.9. The lowest BCUT2D eigenvalue weighted by Gasteiger charge is -1.98. The molecule has 0 radical (unpaired) electrons. The largest absolute Gasteiger partial charge is 0.480 e. The molecule has 0 saturated heterocycles. The lowest BCUT2D eigenvalue weighted by atomic mass is 10.5. The topological polar surface area (TPSA) is 61.0 Å². The average molecular weight is 204 g/mol. The van der Waals surface area contributed by atoms with E-state index < -0.39 is 0 Å². The maximum Gasteiger partial charge on any atom is 0.234 e. The summed E-state index contributed by atoms with van der Waals surface area (Å²) >= 11 is 3.18. The highest BCUT2D eigenvalue weighted by Crippen LogP contribution is 2.18. The quantitative estimate of drug-likeness (QED) is 0.735. The highest BCUT2D eigenvalue weighted by molar-refractivity contribution is 9.10. The van der Waals surface area contributed by atoms with Crippen LogP contribution in [0.25, 0.3) is 0 Å². The number of hydrogen-bond donors (Lipinski definition) is 1. The smallest absolute Gasteiger partial charge is 0.234 e. The lowest BCUT2D eigenvalue weighted by Crippen LogP contribution is -1.96. The molecule has 2 N–H and O–H groups in total. The Bertz CT molecular complexity index is 240. The van der Waals surface area contributed by atoms with Crippen LogP contribution in [0.3, 0.4) is 0 Å². The third kappa shape index (κ3) is 1.36. The van der Waals surface area contributed by atoms with Gasteiger partial charge in [-0.1, -0.05) is 0 Å². The van der Waals surface area contributed by atoms with Crippen LogP contribution in [0.5, 0.6) is 5.88 Å². The summed E-state index contributed by atoms with van der Waals surface area (Å²) in [5.74, 6) is 0.807. The molecule has 0 aliphatic carbocycles. The lowest BCUT2D eigenvalue weighted by molar-refractivity contribution is 0.392. The number of anilines is 1. The Morgan fingerprint density at radius 3 is 2.80 bits per heavy atom. The van der Waals surface area contributed by atoms with Crippen molar-refractivity contribution in [1.29, 1.82) is 0 Å². The van der Waals surface area contributed by atoms with Crippen LogP contribution in [0.1, 0.15) is 0 Å². The molecule has 5 heteroatoms. The maximum atomic E-state index is 5.37. The van der Waals surface area contributed by atoms with Gasteiger partial charge in [-0.15, -0.1) is 10.2 Å². The van der Waals surface area contributed by atoms with Crippen LogP contribution in [-0.4, -0.2) is 17.3 Å². The van der Waals surface area contributed by atoms with E-state index in [4.69, 9.17) is 10.5 Å². The highest BCUT2D eigenvalue weighted by Gasteiger charge is 1.98. The van der Waals surface area contributed by atoms with Gasteiger partial charge in [-0.2, -0.15) is 0 Å². The van der Waals surface area contributed by atoms with Crippen LogP contribution in [0.4, 0.5) is 5.82 Å². The Balaban J connectivity index is 3.04. The number of nitrogens with two attached hydrogens (primary N) is 1. The molecule has 4 nitrogen and oxygen atoms in total. The zero-order valence-corrected chi connectivity index (χ0v) is 6.92. The monoisotopic (exact) mass is 203 g/mol. The van der Waals surface area contributed by atoms with Crippen LogP contribution in [0, 0.1) is 0 Å². The Morgan fingerprint density at radius 2 is 2.30 bits per heavy atom. The van der Waals surface area contributed by atoms with Gasteiger partial charge in [0.15, 0.2) is 5.82 Å². The Hall–Kier alpha value is -0.840. The van der Waals surface area contributed by atoms with Crippen LogP contribution < -0.4 is 10.5 Å². The summed E-state index contributed by atoms with van der Waals surface area (Å²) in [5.41, 5.74) is 5.37. The van der Waals surface area contributed by atoms with E-state index in [1.54, 1.807) is 6.07 Å². The van der Waals surface area contributed by atoms with E-state index in [-0.39, 0.29) is 0 Å². The van der Waals surface area contributed by atoms with E-state index in [1.807, 2.05) is 0 Å². The number of aromatic nitrogens is 2. The van der Waals surface area contributed by atoms with Gasteiger partial charge in [0.05, 0.1) is 11.6 Å². The van der Waals surface area contributed by atoms with Crippen molar-refractivity contribution < 1.29 is 4.74 Å². The molecule has 0 amide bonds. The standard InChI is InChI=1S/C5H6BrN3O/c1-10-4-2-3(6)5(7)9-8-4/h2H,1H3,(H2,7,9). The third-order valence-corrected chi connectivity index (χ3v) is 1.60. The Kier molecular flexibility index (Phi) is 2.06. The minimum atomic E-state index is 0.362. The zero-order valence-electron chi connectivity index (χ0n) is 5.34. The fourth-order valence-corrected chi connectivity index (χ4v) is 0.737. The molecule has 54 valence electrons. The molecule has 0 unspecified atom stereocenters. The summed E-state index contributed by atoms with van der Waals surface area (Å²) in [6.45, 7) is 0. The first-order chi connectivity index (χ1) is 4.74. The van der Waals surface area contributed by atoms with Crippen molar-refractivity contribution in [3.05, 3.63) is 10.5 Å². The average Bonchev–Trinajstić information content (AvgIpc) is 1.95. The molecule has 0 atom stereocenters. The first kappa shape index (κ1) is 7.27. The molecule has 0 aromatic carbocycles. The van der Waals surface area contributed by atoms with Gasteiger partial charge in [0.1, 0.15) is 0 Å². The normalized spacial score (nSPS) is 9.40. The summed E-state index contributed by atoms with van der Waals surface area (Å²) in [5, 5.41) is 7.24. The van der Waals surface area contributed by atoms with E-state index in [1.165, 1.54) is 7.11 Å². The SMILES string of the molecule is COc1cc(Br)c(N)nn1. The van der Waals surface area contributed by atoms with Crippen LogP contribution in [0.15, 0.2) is 10.5 Å². The molecule has 1 heterocycles. The number of methoxy groups -OCH3 is 1. The molecule has 0 bridgehead atoms. The Labute approximate surface area is 66.5 Å². The molecular weight excluding hydrogens is 198 g/mol. The van der Waals surface area contributed by atoms with Gasteiger partial charge in [-0.05, 0) is 15.9 Å². The van der Waals surface area contributed by atoms with E-state index in [9.17, 15) is 0 Å². The zero-order chi connectivity index (χ0) is 7.56. The van der Waals surface area contributed by atoms with E-state index in [0.717, 1.165) is 0 Å². The number of ether oxygens (including phenoxy) is 1. The predicted octanol–water partition coefficient (Wildman–Crippen LogP) is 0.830. The fraction of sp³-hybridized carbons (Fsp3) is 0.200. The molecule has 0 fully saturated rings. The van der Waals surface area contributed by atoms with Gasteiger partial charge in [0, 0.05) is 6.07 Å². The minimum Gasteiger partial charge on any atom is -0.480 e.